The first-order valence-electron chi connectivity index (χ1n) is 10.3. The fraction of sp³-hybridized carbons (Fsp3) is 0.650. The minimum Gasteiger partial charge on any atom is -0.462 e. The highest BCUT2D eigenvalue weighted by atomic mass is 16.7. The molecule has 0 aliphatic carbocycles. The number of ether oxygens (including phenoxy) is 4. The average molecular weight is 475 g/mol. The van der Waals surface area contributed by atoms with E-state index in [0.717, 1.165) is 0 Å². The first-order valence-corrected chi connectivity index (χ1v) is 10.3. The van der Waals surface area contributed by atoms with Gasteiger partial charge in [-0.15, -0.1) is 0 Å². The number of amides is 1. The number of anilines is 1. The largest absolute Gasteiger partial charge is 0.462 e. The van der Waals surface area contributed by atoms with Gasteiger partial charge in [0, 0.05) is 12.6 Å². The molecule has 0 saturated carbocycles. The second-order valence-corrected chi connectivity index (χ2v) is 7.83. The van der Waals surface area contributed by atoms with E-state index in [1.165, 1.54) is 19.1 Å². The smallest absolute Gasteiger partial charge is 0.229 e. The maximum Gasteiger partial charge on any atom is 0.229 e. The lowest BCUT2D eigenvalue weighted by atomic mass is 9.97. The van der Waals surface area contributed by atoms with Gasteiger partial charge in [-0.1, -0.05) is 0 Å². The molecule has 2 fully saturated rings. The number of nitrogens with one attached hydrogen (secondary N) is 1. The second-order valence-electron chi connectivity index (χ2n) is 7.83. The lowest BCUT2D eigenvalue weighted by Gasteiger charge is -2.45. The van der Waals surface area contributed by atoms with E-state index in [0.29, 0.717) is 5.69 Å². The predicted molar refractivity (Wildman–Crippen MR) is 108 cm³/mol. The molecule has 0 bridgehead atoms. The van der Waals surface area contributed by atoms with Crippen molar-refractivity contribution in [1.29, 1.82) is 0 Å². The van der Waals surface area contributed by atoms with Crippen molar-refractivity contribution in [3.63, 3.8) is 0 Å². The third kappa shape index (κ3) is 5.78. The van der Waals surface area contributed by atoms with E-state index >= 15 is 0 Å². The van der Waals surface area contributed by atoms with Gasteiger partial charge in [0.1, 0.15) is 54.6 Å². The summed E-state index contributed by atoms with van der Waals surface area (Å²) in [6.45, 7) is 0.000118. The van der Waals surface area contributed by atoms with Gasteiger partial charge < -0.3 is 60.0 Å². The summed E-state index contributed by atoms with van der Waals surface area (Å²) >= 11 is 0. The van der Waals surface area contributed by atoms with Crippen LogP contribution in [0.3, 0.4) is 0 Å². The topological polar surface area (TPSA) is 208 Å². The fourth-order valence-corrected chi connectivity index (χ4v) is 3.61. The van der Waals surface area contributed by atoms with Crippen LogP contribution in [0, 0.1) is 0 Å². The first-order chi connectivity index (χ1) is 15.7. The molecule has 1 amide bonds. The summed E-state index contributed by atoms with van der Waals surface area (Å²) < 4.78 is 21.8. The van der Waals surface area contributed by atoms with Gasteiger partial charge in [-0.2, -0.15) is 0 Å². The van der Waals surface area contributed by atoms with E-state index in [-0.39, 0.29) is 11.7 Å². The molecule has 1 aromatic carbocycles. The molecule has 13 nitrogen and oxygen atoms in total. The monoisotopic (exact) mass is 475 g/mol. The lowest BCUT2D eigenvalue weighted by molar-refractivity contribution is -0.352. The van der Waals surface area contributed by atoms with Gasteiger partial charge in [0.05, 0.1) is 13.2 Å². The molecule has 3 rings (SSSR count). The highest BCUT2D eigenvalue weighted by molar-refractivity contribution is 5.88. The molecule has 0 spiro atoms. The molecule has 0 radical (unpaired) electrons. The maximum atomic E-state index is 11.1. The maximum absolute atomic E-state index is 11.1. The average Bonchev–Trinajstić information content (AvgIpc) is 2.79. The van der Waals surface area contributed by atoms with Crippen molar-refractivity contribution >= 4 is 11.6 Å². The number of hydrogen-bond donors (Lipinski definition) is 8. The van der Waals surface area contributed by atoms with Crippen molar-refractivity contribution in [2.24, 2.45) is 0 Å². The molecule has 2 saturated heterocycles. The minimum absolute atomic E-state index is 0.241. The molecule has 0 aromatic heterocycles. The molecule has 186 valence electrons. The summed E-state index contributed by atoms with van der Waals surface area (Å²) in [5, 5.41) is 72.6. The number of carbonyl (C=O) groups excluding carboxylic acids is 1. The minimum atomic E-state index is -1.75. The van der Waals surface area contributed by atoms with Crippen molar-refractivity contribution in [3.8, 4) is 5.75 Å². The predicted octanol–water partition coefficient (Wildman–Crippen LogP) is -3.35. The van der Waals surface area contributed by atoms with E-state index in [9.17, 15) is 40.5 Å². The van der Waals surface area contributed by atoms with Crippen LogP contribution in [0.4, 0.5) is 5.69 Å². The SMILES string of the molecule is CC(=O)Nc1ccc(O[C@H]2O[C@H](CO)[C@@H](O[C@H]3O[C@H](CO)[C@@H](O)[C@@H](O)[C@@H]3O)C(O)C2O)cc1. The Bertz CT molecular complexity index is 775. The Kier molecular flexibility index (Phi) is 8.58. The Morgan fingerprint density at radius 2 is 1.42 bits per heavy atom. The van der Waals surface area contributed by atoms with Crippen LogP contribution in [-0.2, 0) is 19.0 Å². The van der Waals surface area contributed by atoms with E-state index in [1.807, 2.05) is 0 Å². The van der Waals surface area contributed by atoms with Crippen LogP contribution in [0.1, 0.15) is 6.92 Å². The van der Waals surface area contributed by atoms with Gasteiger partial charge in [-0.05, 0) is 24.3 Å². The molecule has 2 aliphatic rings. The third-order valence-corrected chi connectivity index (χ3v) is 5.39. The molecule has 33 heavy (non-hydrogen) atoms. The molecule has 2 aliphatic heterocycles. The van der Waals surface area contributed by atoms with Crippen molar-refractivity contribution in [2.75, 3.05) is 18.5 Å². The van der Waals surface area contributed by atoms with Crippen molar-refractivity contribution < 1.29 is 59.5 Å². The number of hydrogen-bond acceptors (Lipinski definition) is 12. The molecule has 10 atom stereocenters. The Morgan fingerprint density at radius 3 is 2.00 bits per heavy atom. The van der Waals surface area contributed by atoms with Crippen LogP contribution in [0.15, 0.2) is 24.3 Å². The standard InChI is InChI=1S/C20H29NO12/c1-8(24)21-9-2-4-10(5-3-9)30-19-17(29)15(27)18(12(7-23)32-19)33-20-16(28)14(26)13(25)11(6-22)31-20/h2-5,11-20,22-23,25-29H,6-7H2,1H3,(H,21,24)/t11-,12-,13-,14-,15?,16+,17?,18-,19+,20-/m1/s1. The number of carbonyl (C=O) groups is 1. The Balaban J connectivity index is 1.68. The van der Waals surface area contributed by atoms with Gasteiger partial charge in [-0.3, -0.25) is 4.79 Å². The zero-order chi connectivity index (χ0) is 24.3. The zero-order valence-corrected chi connectivity index (χ0v) is 17.7. The summed E-state index contributed by atoms with van der Waals surface area (Å²) in [7, 11) is 0. The van der Waals surface area contributed by atoms with Gasteiger partial charge in [0.25, 0.3) is 0 Å². The van der Waals surface area contributed by atoms with Gasteiger partial charge >= 0.3 is 0 Å². The first kappa shape index (κ1) is 25.7. The van der Waals surface area contributed by atoms with E-state index in [2.05, 4.69) is 5.32 Å². The van der Waals surface area contributed by atoms with Gasteiger partial charge in [-0.25, -0.2) is 0 Å². The van der Waals surface area contributed by atoms with Crippen LogP contribution in [0.5, 0.6) is 5.75 Å². The molecule has 2 unspecified atom stereocenters. The van der Waals surface area contributed by atoms with Crippen molar-refractivity contribution in [3.05, 3.63) is 24.3 Å². The van der Waals surface area contributed by atoms with Gasteiger partial charge in [0.2, 0.25) is 12.2 Å². The summed E-state index contributed by atoms with van der Waals surface area (Å²) in [6, 6.07) is 6.10. The van der Waals surface area contributed by atoms with Crippen LogP contribution >= 0.6 is 0 Å². The lowest BCUT2D eigenvalue weighted by Crippen LogP contribution is -2.65. The quantitative estimate of drug-likeness (QED) is 0.195. The molecule has 2 heterocycles. The highest BCUT2D eigenvalue weighted by Crippen LogP contribution is 2.30. The number of aliphatic hydroxyl groups excluding tert-OH is 7. The van der Waals surface area contributed by atoms with E-state index < -0.39 is 74.6 Å². The van der Waals surface area contributed by atoms with E-state index in [1.54, 1.807) is 12.1 Å². The zero-order valence-electron chi connectivity index (χ0n) is 17.7. The highest BCUT2D eigenvalue weighted by Gasteiger charge is 2.51. The second kappa shape index (κ2) is 11.0. The van der Waals surface area contributed by atoms with Gasteiger partial charge in [0.15, 0.2) is 6.29 Å². The van der Waals surface area contributed by atoms with Crippen LogP contribution < -0.4 is 10.1 Å². The summed E-state index contributed by atoms with van der Waals surface area (Å²) in [4.78, 5) is 11.1. The molecule has 13 heteroatoms. The van der Waals surface area contributed by atoms with Crippen LogP contribution in [0.2, 0.25) is 0 Å². The normalized spacial score (nSPS) is 39.2. The number of rotatable bonds is 7. The third-order valence-electron chi connectivity index (χ3n) is 5.39. The summed E-state index contributed by atoms with van der Waals surface area (Å²) in [6.07, 6.45) is -15.3. The molecular formula is C20H29NO12. The van der Waals surface area contributed by atoms with E-state index in [4.69, 9.17) is 18.9 Å². The number of aliphatic hydroxyl groups is 7. The van der Waals surface area contributed by atoms with Crippen LogP contribution in [-0.4, -0.2) is 116 Å². The summed E-state index contributed by atoms with van der Waals surface area (Å²) in [5.74, 6) is -0.0144. The summed E-state index contributed by atoms with van der Waals surface area (Å²) in [5.41, 5.74) is 0.515. The Labute approximate surface area is 188 Å². The van der Waals surface area contributed by atoms with Crippen LogP contribution in [0.25, 0.3) is 0 Å². The van der Waals surface area contributed by atoms with Crippen molar-refractivity contribution in [2.45, 2.75) is 68.3 Å². The Morgan fingerprint density at radius 1 is 0.848 bits per heavy atom. The van der Waals surface area contributed by atoms with Crippen molar-refractivity contribution in [1.82, 2.24) is 0 Å². The molecule has 1 aromatic rings. The number of benzene rings is 1. The Hall–Kier alpha value is -1.91. The molecule has 8 N–H and O–H groups in total. The fourth-order valence-electron chi connectivity index (χ4n) is 3.61. The molecular weight excluding hydrogens is 446 g/mol.